The van der Waals surface area contributed by atoms with E-state index in [0.29, 0.717) is 73.4 Å². The van der Waals surface area contributed by atoms with Crippen LogP contribution < -0.4 is 37.2 Å². The highest BCUT2D eigenvalue weighted by Gasteiger charge is 2.38. The molecule has 0 radical (unpaired) electrons. The largest absolute Gasteiger partial charge is 0.493 e. The van der Waals surface area contributed by atoms with Crippen LogP contribution in [0.1, 0.15) is 158 Å². The Morgan fingerprint density at radius 2 is 0.530 bits per heavy atom. The zero-order valence-electron chi connectivity index (χ0n) is 42.0. The first-order chi connectivity index (χ1) is 32.2. The monoisotopic (exact) mass is 905 g/mol. The maximum atomic E-state index is 6.24. The molecule has 0 aliphatic carbocycles. The lowest BCUT2D eigenvalue weighted by atomic mass is 10.0. The van der Waals surface area contributed by atoms with Gasteiger partial charge in [-0.05, 0) is 49.4 Å². The predicted molar refractivity (Wildman–Crippen MR) is 263 cm³/mol. The van der Waals surface area contributed by atoms with Crippen molar-refractivity contribution in [1.82, 2.24) is 9.97 Å². The van der Waals surface area contributed by atoms with Crippen molar-refractivity contribution in [3.63, 3.8) is 0 Å². The number of aromatic nitrogens is 6. The summed E-state index contributed by atoms with van der Waals surface area (Å²) in [6.07, 6.45) is 35.1. The lowest BCUT2D eigenvalue weighted by molar-refractivity contribution is -0.654. The third kappa shape index (κ3) is 17.3. The molecule has 10 heteroatoms. The van der Waals surface area contributed by atoms with Crippen LogP contribution in [0, 0.1) is 23.7 Å². The number of hydrogen-bond donors (Lipinski definition) is 0. The van der Waals surface area contributed by atoms with Crippen molar-refractivity contribution >= 4 is 0 Å². The molecule has 4 atom stereocenters. The summed E-state index contributed by atoms with van der Waals surface area (Å²) in [6.45, 7) is 21.0. The molecule has 66 heavy (non-hydrogen) atoms. The van der Waals surface area contributed by atoms with E-state index in [1.54, 1.807) is 0 Å². The topological polar surface area (TPSA) is 78.2 Å². The average molecular weight is 905 g/mol. The highest BCUT2D eigenvalue weighted by molar-refractivity contribution is 5.38. The van der Waals surface area contributed by atoms with Gasteiger partial charge >= 0.3 is 23.3 Å². The fourth-order valence-corrected chi connectivity index (χ4v) is 7.99. The molecule has 0 amide bonds. The second-order valence-corrected chi connectivity index (χ2v) is 18.8. The normalized spacial score (nSPS) is 13.2. The van der Waals surface area contributed by atoms with Crippen LogP contribution in [-0.2, 0) is 0 Å². The molecule has 5 aromatic rings. The summed E-state index contributed by atoms with van der Waals surface area (Å²) < 4.78 is 33.0. The summed E-state index contributed by atoms with van der Waals surface area (Å²) in [5, 5.41) is 0. The smallest absolute Gasteiger partial charge is 0.428 e. The molecular formula is C56H84N6O4+4. The van der Waals surface area contributed by atoms with Crippen LogP contribution in [0.3, 0.4) is 0 Å². The first-order valence-electron chi connectivity index (χ1n) is 25.7. The Kier molecular flexibility index (Phi) is 22.6. The Labute approximate surface area is 398 Å². The van der Waals surface area contributed by atoms with Crippen LogP contribution in [0.2, 0.25) is 0 Å². The minimum absolute atomic E-state index is 0.639. The van der Waals surface area contributed by atoms with Crippen molar-refractivity contribution in [3.05, 3.63) is 98.1 Å². The standard InChI is InChI=1S/C56H84N6O4/c1-9-13-17-45(5)29-41-63-49-21-33-59(34-22-49)53-54(60-35-23-50(24-36-60)64-42-30-46(6)18-14-10-2)58-56(62-39-27-52(28-40-62)66-44-32-48(8)20-16-12-4)55(57-53)61-37-25-51(26-38-61)65-43-31-47(7)19-15-11-3/h21-28,33-40,45-48H,9-20,29-32,41-44H2,1-8H3/q+4. The lowest BCUT2D eigenvalue weighted by Crippen LogP contribution is -2.47. The van der Waals surface area contributed by atoms with E-state index in [1.165, 1.54) is 77.0 Å². The predicted octanol–water partition coefficient (Wildman–Crippen LogP) is 12.0. The molecule has 5 aromatic heterocycles. The molecule has 5 heterocycles. The molecule has 358 valence electrons. The van der Waals surface area contributed by atoms with E-state index in [1.807, 2.05) is 116 Å². The van der Waals surface area contributed by atoms with Gasteiger partial charge in [-0.25, -0.2) is 0 Å². The number of rotatable bonds is 32. The van der Waals surface area contributed by atoms with Crippen molar-refractivity contribution in [2.24, 2.45) is 23.7 Å². The van der Waals surface area contributed by atoms with Crippen molar-refractivity contribution in [2.75, 3.05) is 26.4 Å². The summed E-state index contributed by atoms with van der Waals surface area (Å²) in [7, 11) is 0. The van der Waals surface area contributed by atoms with Crippen molar-refractivity contribution in [1.29, 1.82) is 0 Å². The number of ether oxygens (including phenoxy) is 4. The van der Waals surface area contributed by atoms with E-state index in [2.05, 4.69) is 55.4 Å². The van der Waals surface area contributed by atoms with E-state index in [0.717, 1.165) is 48.7 Å². The van der Waals surface area contributed by atoms with Gasteiger partial charge in [-0.15, -0.1) is 0 Å². The van der Waals surface area contributed by atoms with Crippen molar-refractivity contribution in [2.45, 2.75) is 158 Å². The van der Waals surface area contributed by atoms with Gasteiger partial charge < -0.3 is 18.9 Å². The van der Waals surface area contributed by atoms with Crippen molar-refractivity contribution < 1.29 is 37.2 Å². The zero-order chi connectivity index (χ0) is 46.9. The molecule has 0 spiro atoms. The number of nitrogens with zero attached hydrogens (tertiary/aromatic N) is 6. The molecule has 0 fully saturated rings. The average Bonchev–Trinajstić information content (AvgIpc) is 3.34. The number of unbranched alkanes of at least 4 members (excludes halogenated alkanes) is 4. The highest BCUT2D eigenvalue weighted by atomic mass is 16.5. The minimum atomic E-state index is 0.639. The van der Waals surface area contributed by atoms with E-state index in [-0.39, 0.29) is 0 Å². The molecule has 5 rings (SSSR count). The van der Waals surface area contributed by atoms with Gasteiger partial charge in [0.05, 0.1) is 26.4 Å². The van der Waals surface area contributed by atoms with Crippen LogP contribution in [0.15, 0.2) is 98.1 Å². The van der Waals surface area contributed by atoms with Crippen LogP contribution in [0.4, 0.5) is 0 Å². The summed E-state index contributed by atoms with van der Waals surface area (Å²) in [6, 6.07) is 16.1. The second-order valence-electron chi connectivity index (χ2n) is 18.8. The van der Waals surface area contributed by atoms with Gasteiger partial charge in [0, 0.05) is 58.5 Å². The Balaban J connectivity index is 1.50. The summed E-state index contributed by atoms with van der Waals surface area (Å²) in [4.78, 5) is 10.9. The molecule has 0 N–H and O–H groups in total. The highest BCUT2D eigenvalue weighted by Crippen LogP contribution is 2.20. The van der Waals surface area contributed by atoms with E-state index in [9.17, 15) is 0 Å². The van der Waals surface area contributed by atoms with Crippen LogP contribution in [0.5, 0.6) is 23.0 Å². The van der Waals surface area contributed by atoms with Crippen LogP contribution >= 0.6 is 0 Å². The second kappa shape index (κ2) is 28.8. The Hall–Kier alpha value is -5.12. The maximum absolute atomic E-state index is 6.24. The van der Waals surface area contributed by atoms with Gasteiger partial charge in [0.25, 0.3) is 0 Å². The quantitative estimate of drug-likeness (QED) is 0.0400. The van der Waals surface area contributed by atoms with Gasteiger partial charge in [0.1, 0.15) is 72.6 Å². The molecule has 0 saturated heterocycles. The van der Waals surface area contributed by atoms with Gasteiger partial charge in [-0.3, -0.25) is 0 Å². The number of hydrogen-bond acceptors (Lipinski definition) is 6. The molecular weight excluding hydrogens is 821 g/mol. The third-order valence-electron chi connectivity index (χ3n) is 12.7. The van der Waals surface area contributed by atoms with Crippen LogP contribution in [-0.4, -0.2) is 36.4 Å². The molecule has 0 aromatic carbocycles. The Morgan fingerprint density at radius 3 is 0.712 bits per heavy atom. The molecule has 4 unspecified atom stereocenters. The molecule has 0 bridgehead atoms. The van der Waals surface area contributed by atoms with Gasteiger partial charge in [-0.2, -0.15) is 18.3 Å². The van der Waals surface area contributed by atoms with E-state index >= 15 is 0 Å². The fraction of sp³-hybridized carbons (Fsp3) is 0.571. The Morgan fingerprint density at radius 1 is 0.333 bits per heavy atom. The first kappa shape index (κ1) is 51.9. The summed E-state index contributed by atoms with van der Waals surface area (Å²) in [5.41, 5.74) is 0. The summed E-state index contributed by atoms with van der Waals surface area (Å²) >= 11 is 0. The van der Waals surface area contributed by atoms with Crippen molar-refractivity contribution in [3.8, 4) is 46.3 Å². The maximum Gasteiger partial charge on any atom is 0.428 e. The lowest BCUT2D eigenvalue weighted by Gasteiger charge is -2.12. The Bertz CT molecular complexity index is 1780. The van der Waals surface area contributed by atoms with Gasteiger partial charge in [-0.1, -0.05) is 132 Å². The minimum Gasteiger partial charge on any atom is -0.493 e. The molecule has 0 saturated carbocycles. The molecule has 10 nitrogen and oxygen atoms in total. The SMILES string of the molecule is CCCCC(C)CCOc1cc[n+](-c2nc(-[n+]3ccc(OCCC(C)CCCC)cc3)c(-[n+]3ccc(OCCC(C)CCCC)cc3)nc2-[n+]2ccc(OCCC(C)CCCC)cc2)cc1. The zero-order valence-corrected chi connectivity index (χ0v) is 42.0. The summed E-state index contributed by atoms with van der Waals surface area (Å²) in [5.74, 6) is 8.50. The van der Waals surface area contributed by atoms with Crippen LogP contribution in [0.25, 0.3) is 23.3 Å². The first-order valence-corrected chi connectivity index (χ1v) is 25.7. The molecule has 0 aliphatic rings. The van der Waals surface area contributed by atoms with Gasteiger partial charge in [0.2, 0.25) is 0 Å². The van der Waals surface area contributed by atoms with Gasteiger partial charge in [0.15, 0.2) is 0 Å². The molecule has 0 aliphatic heterocycles. The third-order valence-corrected chi connectivity index (χ3v) is 12.7. The number of pyridine rings is 4. The fourth-order valence-electron chi connectivity index (χ4n) is 7.99. The van der Waals surface area contributed by atoms with E-state index in [4.69, 9.17) is 28.9 Å². The van der Waals surface area contributed by atoms with E-state index < -0.39 is 0 Å².